The van der Waals surface area contributed by atoms with Crippen molar-refractivity contribution in [2.45, 2.75) is 25.4 Å². The first-order valence-electron chi connectivity index (χ1n) is 10.5. The van der Waals surface area contributed by atoms with Crippen molar-refractivity contribution in [1.29, 1.82) is 0 Å². The molecule has 3 amide bonds. The van der Waals surface area contributed by atoms with E-state index in [4.69, 9.17) is 4.74 Å². The van der Waals surface area contributed by atoms with Crippen LogP contribution in [0.3, 0.4) is 0 Å². The molecule has 0 radical (unpaired) electrons. The van der Waals surface area contributed by atoms with E-state index in [2.05, 4.69) is 10.4 Å². The fourth-order valence-corrected chi connectivity index (χ4v) is 4.58. The van der Waals surface area contributed by atoms with Crippen LogP contribution in [0.5, 0.6) is 5.75 Å². The first-order valence-corrected chi connectivity index (χ1v) is 10.5. The first kappa shape index (κ1) is 20.9. The van der Waals surface area contributed by atoms with Gasteiger partial charge in [0.05, 0.1) is 19.0 Å². The molecule has 168 valence electrons. The van der Waals surface area contributed by atoms with Crippen molar-refractivity contribution < 1.29 is 23.5 Å². The number of imide groups is 1. The Hall–Kier alpha value is -4.01. The van der Waals surface area contributed by atoms with Crippen molar-refractivity contribution >= 4 is 17.7 Å². The third-order valence-electron chi connectivity index (χ3n) is 6.19. The summed E-state index contributed by atoms with van der Waals surface area (Å²) in [5.74, 6) is -0.872. The smallest absolute Gasteiger partial charge is 0.255 e. The maximum Gasteiger partial charge on any atom is 0.255 e. The number of nitrogens with one attached hydrogen (secondary N) is 1. The van der Waals surface area contributed by atoms with Gasteiger partial charge in [0.25, 0.3) is 5.91 Å². The van der Waals surface area contributed by atoms with E-state index in [0.717, 1.165) is 16.7 Å². The number of aromatic nitrogens is 2. The van der Waals surface area contributed by atoms with Gasteiger partial charge < -0.3 is 9.64 Å². The number of hydrogen-bond acceptors (Lipinski definition) is 5. The van der Waals surface area contributed by atoms with Crippen LogP contribution in [0.15, 0.2) is 42.6 Å². The third-order valence-corrected chi connectivity index (χ3v) is 6.19. The Morgan fingerprint density at radius 2 is 1.91 bits per heavy atom. The monoisotopic (exact) mass is 448 g/mol. The molecule has 3 aromatic rings. The Balaban J connectivity index is 1.52. The standard InChI is InChI=1S/C24H21FN4O4/c1-28-22(17-10-15(25)4-7-20(17)33-2)18(11-26-28)13-3-5-16-14(9-13)12-29(24(16)32)19-6-8-21(30)27-23(19)31/h3-5,7,9-11,19H,6,8,12H2,1-2H3,(H,27,30,31). The molecule has 1 aromatic heterocycles. The number of ether oxygens (including phenoxy) is 1. The highest BCUT2D eigenvalue weighted by atomic mass is 19.1. The lowest BCUT2D eigenvalue weighted by Gasteiger charge is -2.29. The topological polar surface area (TPSA) is 93.5 Å². The molecule has 2 aliphatic heterocycles. The Bertz CT molecular complexity index is 1320. The number of carbonyl (C=O) groups excluding carboxylic acids is 3. The van der Waals surface area contributed by atoms with Crippen molar-refractivity contribution in [2.24, 2.45) is 7.05 Å². The summed E-state index contributed by atoms with van der Waals surface area (Å²) in [7, 11) is 3.29. The zero-order chi connectivity index (χ0) is 23.3. The normalized spacial score (nSPS) is 17.8. The van der Waals surface area contributed by atoms with Gasteiger partial charge in [0.1, 0.15) is 17.6 Å². The highest BCUT2D eigenvalue weighted by Gasteiger charge is 2.39. The van der Waals surface area contributed by atoms with Gasteiger partial charge in [0, 0.05) is 36.7 Å². The first-order chi connectivity index (χ1) is 15.9. The number of hydrogen-bond donors (Lipinski definition) is 1. The van der Waals surface area contributed by atoms with Gasteiger partial charge in [-0.3, -0.25) is 24.4 Å². The van der Waals surface area contributed by atoms with Gasteiger partial charge in [0.15, 0.2) is 0 Å². The molecule has 0 aliphatic carbocycles. The largest absolute Gasteiger partial charge is 0.496 e. The van der Waals surface area contributed by atoms with E-state index in [1.807, 2.05) is 12.1 Å². The lowest BCUT2D eigenvalue weighted by atomic mass is 9.97. The van der Waals surface area contributed by atoms with Gasteiger partial charge >= 0.3 is 0 Å². The van der Waals surface area contributed by atoms with Crippen LogP contribution in [-0.4, -0.2) is 45.6 Å². The molecule has 8 nitrogen and oxygen atoms in total. The van der Waals surface area contributed by atoms with E-state index in [1.54, 1.807) is 30.1 Å². The molecule has 9 heteroatoms. The Labute approximate surface area is 188 Å². The number of rotatable bonds is 4. The van der Waals surface area contributed by atoms with E-state index in [9.17, 15) is 18.8 Å². The summed E-state index contributed by atoms with van der Waals surface area (Å²) in [6, 6.07) is 9.09. The van der Waals surface area contributed by atoms with Crippen LogP contribution in [0.1, 0.15) is 28.8 Å². The van der Waals surface area contributed by atoms with Crippen LogP contribution in [0.25, 0.3) is 22.4 Å². The predicted molar refractivity (Wildman–Crippen MR) is 117 cm³/mol. The summed E-state index contributed by atoms with van der Waals surface area (Å²) in [6.45, 7) is 0.271. The second kappa shape index (κ2) is 7.84. The van der Waals surface area contributed by atoms with E-state index in [1.165, 1.54) is 24.1 Å². The molecule has 33 heavy (non-hydrogen) atoms. The van der Waals surface area contributed by atoms with Crippen LogP contribution in [0.4, 0.5) is 4.39 Å². The molecule has 0 spiro atoms. The number of halogens is 1. The average Bonchev–Trinajstić information content (AvgIpc) is 3.33. The van der Waals surface area contributed by atoms with Crippen molar-refractivity contribution in [3.8, 4) is 28.1 Å². The lowest BCUT2D eigenvalue weighted by Crippen LogP contribution is -2.52. The number of methoxy groups -OCH3 is 1. The fraction of sp³-hybridized carbons (Fsp3) is 0.250. The molecule has 5 rings (SSSR count). The van der Waals surface area contributed by atoms with E-state index in [-0.39, 0.29) is 24.8 Å². The maximum absolute atomic E-state index is 14.1. The number of piperidine rings is 1. The zero-order valence-electron chi connectivity index (χ0n) is 18.1. The summed E-state index contributed by atoms with van der Waals surface area (Å²) >= 11 is 0. The number of benzene rings is 2. The molecule has 1 saturated heterocycles. The molecule has 0 saturated carbocycles. The second-order valence-electron chi connectivity index (χ2n) is 8.15. The summed E-state index contributed by atoms with van der Waals surface area (Å²) < 4.78 is 21.1. The van der Waals surface area contributed by atoms with Crippen LogP contribution >= 0.6 is 0 Å². The second-order valence-corrected chi connectivity index (χ2v) is 8.15. The van der Waals surface area contributed by atoms with Gasteiger partial charge in [-0.05, 0) is 47.9 Å². The third kappa shape index (κ3) is 3.45. The summed E-state index contributed by atoms with van der Waals surface area (Å²) in [6.07, 6.45) is 2.20. The Kier molecular flexibility index (Phi) is 4.96. The highest BCUT2D eigenvalue weighted by Crippen LogP contribution is 2.39. The molecule has 1 atom stereocenters. The molecule has 2 aromatic carbocycles. The molecule has 3 heterocycles. The van der Waals surface area contributed by atoms with E-state index < -0.39 is 17.8 Å². The molecular formula is C24H21FN4O4. The fourth-order valence-electron chi connectivity index (χ4n) is 4.58. The maximum atomic E-state index is 14.1. The zero-order valence-corrected chi connectivity index (χ0v) is 18.1. The van der Waals surface area contributed by atoms with Gasteiger partial charge in [-0.2, -0.15) is 5.10 Å². The van der Waals surface area contributed by atoms with Crippen molar-refractivity contribution in [3.05, 3.63) is 59.5 Å². The van der Waals surface area contributed by atoms with Crippen LogP contribution in [0, 0.1) is 5.82 Å². The molecule has 1 fully saturated rings. The minimum absolute atomic E-state index is 0.205. The van der Waals surface area contributed by atoms with Gasteiger partial charge in [-0.25, -0.2) is 4.39 Å². The molecule has 1 unspecified atom stereocenters. The Morgan fingerprint density at radius 1 is 1.09 bits per heavy atom. The van der Waals surface area contributed by atoms with Gasteiger partial charge in [-0.15, -0.1) is 0 Å². The molecule has 2 aliphatic rings. The number of amides is 3. The van der Waals surface area contributed by atoms with Crippen LogP contribution in [0.2, 0.25) is 0 Å². The molecule has 1 N–H and O–H groups in total. The number of fused-ring (bicyclic) bond motifs is 1. The van der Waals surface area contributed by atoms with Gasteiger partial charge in [-0.1, -0.05) is 6.07 Å². The van der Waals surface area contributed by atoms with E-state index >= 15 is 0 Å². The number of nitrogens with zero attached hydrogens (tertiary/aromatic N) is 3. The predicted octanol–water partition coefficient (Wildman–Crippen LogP) is 2.66. The van der Waals surface area contributed by atoms with Crippen molar-refractivity contribution in [3.63, 3.8) is 0 Å². The summed E-state index contributed by atoms with van der Waals surface area (Å²) in [5, 5.41) is 6.67. The van der Waals surface area contributed by atoms with Crippen LogP contribution in [-0.2, 0) is 23.2 Å². The number of aryl methyl sites for hydroxylation is 1. The summed E-state index contributed by atoms with van der Waals surface area (Å²) in [4.78, 5) is 38.2. The highest BCUT2D eigenvalue weighted by molar-refractivity contribution is 6.05. The van der Waals surface area contributed by atoms with Crippen molar-refractivity contribution in [2.75, 3.05) is 7.11 Å². The van der Waals surface area contributed by atoms with Crippen LogP contribution < -0.4 is 10.1 Å². The lowest BCUT2D eigenvalue weighted by molar-refractivity contribution is -0.136. The molecular weight excluding hydrogens is 427 g/mol. The average molecular weight is 448 g/mol. The van der Waals surface area contributed by atoms with E-state index in [0.29, 0.717) is 29.0 Å². The SMILES string of the molecule is COc1ccc(F)cc1-c1c(-c2ccc3c(c2)CN(C2CCC(=O)NC2=O)C3=O)cnn1C. The Morgan fingerprint density at radius 3 is 2.67 bits per heavy atom. The quantitative estimate of drug-likeness (QED) is 0.620. The van der Waals surface area contributed by atoms with Gasteiger partial charge in [0.2, 0.25) is 11.8 Å². The summed E-state index contributed by atoms with van der Waals surface area (Å²) in [5.41, 5.74) is 4.12. The molecule has 0 bridgehead atoms. The number of carbonyl (C=O) groups is 3. The minimum Gasteiger partial charge on any atom is -0.496 e. The minimum atomic E-state index is -0.670. The van der Waals surface area contributed by atoms with Crippen molar-refractivity contribution in [1.82, 2.24) is 20.0 Å².